The second-order valence-corrected chi connectivity index (χ2v) is 7.20. The summed E-state index contributed by atoms with van der Waals surface area (Å²) in [5, 5.41) is 9.53. The number of rotatable bonds is 3. The van der Waals surface area contributed by atoms with Gasteiger partial charge in [-0.25, -0.2) is 13.2 Å². The molecule has 0 aromatic heterocycles. The molecular formula is C15H12ClNO5S. The Kier molecular flexibility index (Phi) is 3.91. The molecule has 0 radical (unpaired) electrons. The summed E-state index contributed by atoms with van der Waals surface area (Å²) >= 11 is 5.94. The molecule has 23 heavy (non-hydrogen) atoms. The van der Waals surface area contributed by atoms with Crippen LogP contribution in [0.5, 0.6) is 5.75 Å². The zero-order chi connectivity index (χ0) is 16.6. The molecule has 0 spiro atoms. The Balaban J connectivity index is 2.14. The van der Waals surface area contributed by atoms with E-state index in [1.54, 1.807) is 18.2 Å². The van der Waals surface area contributed by atoms with Gasteiger partial charge in [0.15, 0.2) is 0 Å². The molecule has 0 bridgehead atoms. The fourth-order valence-electron chi connectivity index (χ4n) is 2.30. The minimum absolute atomic E-state index is 0.0666. The van der Waals surface area contributed by atoms with Crippen LogP contribution in [0.3, 0.4) is 0 Å². The Hall–Kier alpha value is -2.25. The fourth-order valence-corrected chi connectivity index (χ4v) is 3.96. The lowest BCUT2D eigenvalue weighted by Crippen LogP contribution is -2.47. The van der Waals surface area contributed by atoms with Crippen molar-refractivity contribution in [2.45, 2.75) is 11.0 Å². The number of anilines is 1. The number of carboxylic acids is 1. The molecule has 2 aromatic carbocycles. The van der Waals surface area contributed by atoms with Crippen LogP contribution < -0.4 is 9.04 Å². The van der Waals surface area contributed by atoms with Gasteiger partial charge in [0.05, 0.1) is 17.1 Å². The quantitative estimate of drug-likeness (QED) is 0.915. The molecule has 2 aromatic rings. The van der Waals surface area contributed by atoms with Crippen molar-refractivity contribution in [2.75, 3.05) is 10.8 Å². The van der Waals surface area contributed by atoms with Crippen molar-refractivity contribution in [1.82, 2.24) is 0 Å². The minimum atomic E-state index is -3.93. The second kappa shape index (κ2) is 5.75. The van der Waals surface area contributed by atoms with Crippen LogP contribution in [0.4, 0.5) is 5.69 Å². The molecule has 0 amide bonds. The van der Waals surface area contributed by atoms with Crippen LogP contribution in [-0.4, -0.2) is 32.1 Å². The first kappa shape index (κ1) is 15.6. The summed E-state index contributed by atoms with van der Waals surface area (Å²) in [4.78, 5) is 11.3. The predicted octanol–water partition coefficient (Wildman–Crippen LogP) is 2.38. The van der Waals surface area contributed by atoms with Gasteiger partial charge in [-0.2, -0.15) is 0 Å². The molecule has 6 nitrogen and oxygen atoms in total. The average molecular weight is 354 g/mol. The van der Waals surface area contributed by atoms with Crippen molar-refractivity contribution in [3.8, 4) is 5.75 Å². The zero-order valence-corrected chi connectivity index (χ0v) is 13.3. The molecule has 0 fully saturated rings. The van der Waals surface area contributed by atoms with Gasteiger partial charge in [0.25, 0.3) is 10.0 Å². The fraction of sp³-hybridized carbons (Fsp3) is 0.133. The average Bonchev–Trinajstić information content (AvgIpc) is 2.54. The van der Waals surface area contributed by atoms with E-state index in [4.69, 9.17) is 16.3 Å². The van der Waals surface area contributed by atoms with E-state index in [1.165, 1.54) is 30.3 Å². The number of sulfonamides is 1. The number of aliphatic carboxylic acids is 1. The SMILES string of the molecule is O=C(O)C1CN(S(=O)(=O)c2ccccc2)c2cc(Cl)ccc2O1. The molecule has 120 valence electrons. The van der Waals surface area contributed by atoms with E-state index in [9.17, 15) is 18.3 Å². The number of nitrogens with zero attached hydrogens (tertiary/aromatic N) is 1. The normalized spacial score (nSPS) is 17.3. The van der Waals surface area contributed by atoms with E-state index in [1.807, 2.05) is 0 Å². The van der Waals surface area contributed by atoms with Gasteiger partial charge in [-0.3, -0.25) is 4.31 Å². The first-order valence-electron chi connectivity index (χ1n) is 6.66. The van der Waals surface area contributed by atoms with E-state index < -0.39 is 22.1 Å². The van der Waals surface area contributed by atoms with Gasteiger partial charge in [-0.1, -0.05) is 29.8 Å². The third kappa shape index (κ3) is 2.85. The third-order valence-corrected chi connectivity index (χ3v) is 5.43. The second-order valence-electron chi connectivity index (χ2n) is 4.91. The van der Waals surface area contributed by atoms with Crippen LogP contribution in [0, 0.1) is 0 Å². The smallest absolute Gasteiger partial charge is 0.346 e. The number of hydrogen-bond donors (Lipinski definition) is 1. The molecule has 0 saturated carbocycles. The van der Waals surface area contributed by atoms with Gasteiger partial charge >= 0.3 is 5.97 Å². The summed E-state index contributed by atoms with van der Waals surface area (Å²) in [6.07, 6.45) is -1.29. The molecule has 3 rings (SSSR count). The Morgan fingerprint density at radius 2 is 1.91 bits per heavy atom. The summed E-state index contributed by atoms with van der Waals surface area (Å²) in [7, 11) is -3.93. The zero-order valence-electron chi connectivity index (χ0n) is 11.7. The number of fused-ring (bicyclic) bond motifs is 1. The van der Waals surface area contributed by atoms with Gasteiger partial charge < -0.3 is 9.84 Å². The van der Waals surface area contributed by atoms with E-state index in [2.05, 4.69) is 0 Å². The number of halogens is 1. The van der Waals surface area contributed by atoms with Crippen LogP contribution >= 0.6 is 11.6 Å². The highest BCUT2D eigenvalue weighted by Gasteiger charge is 2.37. The van der Waals surface area contributed by atoms with Gasteiger partial charge in [-0.15, -0.1) is 0 Å². The standard InChI is InChI=1S/C15H12ClNO5S/c16-10-6-7-13-12(8-10)17(9-14(22-13)15(18)19)23(20,21)11-4-2-1-3-5-11/h1-8,14H,9H2,(H,18,19). The predicted molar refractivity (Wildman–Crippen MR) is 84.5 cm³/mol. The van der Waals surface area contributed by atoms with E-state index in [0.29, 0.717) is 5.02 Å². The van der Waals surface area contributed by atoms with Gasteiger partial charge in [-0.05, 0) is 30.3 Å². The van der Waals surface area contributed by atoms with Crippen LogP contribution in [0.25, 0.3) is 0 Å². The monoisotopic (exact) mass is 353 g/mol. The molecule has 1 N–H and O–H groups in total. The Morgan fingerprint density at radius 3 is 2.57 bits per heavy atom. The lowest BCUT2D eigenvalue weighted by molar-refractivity contribution is -0.144. The third-order valence-electron chi connectivity index (χ3n) is 3.40. The van der Waals surface area contributed by atoms with E-state index in [-0.39, 0.29) is 22.9 Å². The maximum absolute atomic E-state index is 12.9. The summed E-state index contributed by atoms with van der Waals surface area (Å²) in [6.45, 7) is -0.333. The largest absolute Gasteiger partial charge is 0.478 e. The van der Waals surface area contributed by atoms with E-state index >= 15 is 0 Å². The molecule has 1 aliphatic rings. The molecule has 0 aliphatic carbocycles. The highest BCUT2D eigenvalue weighted by molar-refractivity contribution is 7.92. The number of benzene rings is 2. The van der Waals surface area contributed by atoms with Gasteiger partial charge in [0, 0.05) is 5.02 Å². The van der Waals surface area contributed by atoms with Crippen molar-refractivity contribution < 1.29 is 23.1 Å². The molecule has 1 atom stereocenters. The maximum Gasteiger partial charge on any atom is 0.346 e. The molecular weight excluding hydrogens is 342 g/mol. The van der Waals surface area contributed by atoms with Crippen molar-refractivity contribution >= 4 is 33.3 Å². The van der Waals surface area contributed by atoms with Crippen LogP contribution in [0.15, 0.2) is 53.4 Å². The first-order valence-corrected chi connectivity index (χ1v) is 8.48. The maximum atomic E-state index is 12.9. The van der Waals surface area contributed by atoms with Crippen molar-refractivity contribution in [3.05, 3.63) is 53.6 Å². The van der Waals surface area contributed by atoms with Gasteiger partial charge in [0.2, 0.25) is 6.10 Å². The first-order chi connectivity index (χ1) is 10.9. The summed E-state index contributed by atoms with van der Waals surface area (Å²) < 4.78 is 32.1. The number of hydrogen-bond acceptors (Lipinski definition) is 4. The lowest BCUT2D eigenvalue weighted by atomic mass is 10.2. The highest BCUT2D eigenvalue weighted by Crippen LogP contribution is 2.38. The molecule has 1 heterocycles. The van der Waals surface area contributed by atoms with Crippen LogP contribution in [-0.2, 0) is 14.8 Å². The Labute approximate surface area is 137 Å². The number of carboxylic acid groups (broad SMARTS) is 1. The van der Waals surface area contributed by atoms with E-state index in [0.717, 1.165) is 4.31 Å². The summed E-state index contributed by atoms with van der Waals surface area (Å²) in [6, 6.07) is 12.2. The lowest BCUT2D eigenvalue weighted by Gasteiger charge is -2.33. The topological polar surface area (TPSA) is 83.9 Å². The van der Waals surface area contributed by atoms with Crippen molar-refractivity contribution in [3.63, 3.8) is 0 Å². The molecule has 0 saturated heterocycles. The van der Waals surface area contributed by atoms with Crippen LogP contribution in [0.1, 0.15) is 0 Å². The highest BCUT2D eigenvalue weighted by atomic mass is 35.5. The number of carbonyl (C=O) groups is 1. The van der Waals surface area contributed by atoms with Gasteiger partial charge in [0.1, 0.15) is 5.75 Å². The number of ether oxygens (including phenoxy) is 1. The molecule has 8 heteroatoms. The molecule has 1 unspecified atom stereocenters. The summed E-state index contributed by atoms with van der Waals surface area (Å²) in [5.74, 6) is -1.08. The Morgan fingerprint density at radius 1 is 1.22 bits per heavy atom. The van der Waals surface area contributed by atoms with Crippen LogP contribution in [0.2, 0.25) is 5.02 Å². The molecule has 1 aliphatic heterocycles. The Bertz CT molecular complexity index is 853. The summed E-state index contributed by atoms with van der Waals surface area (Å²) in [5.41, 5.74) is 0.221. The van der Waals surface area contributed by atoms with Crippen molar-refractivity contribution in [2.24, 2.45) is 0 Å². The minimum Gasteiger partial charge on any atom is -0.478 e. The van der Waals surface area contributed by atoms with Crippen molar-refractivity contribution in [1.29, 1.82) is 0 Å².